The Kier molecular flexibility index (Phi) is 5.85. The molecular formula is C25H25ClN2O5. The summed E-state index contributed by atoms with van der Waals surface area (Å²) in [4.78, 5) is 40.5. The molecule has 0 aromatic heterocycles. The summed E-state index contributed by atoms with van der Waals surface area (Å²) in [6, 6.07) is 15.8. The Hall–Kier alpha value is -2.90. The third-order valence-electron chi connectivity index (χ3n) is 6.71. The first-order valence-corrected chi connectivity index (χ1v) is 11.7. The quantitative estimate of drug-likeness (QED) is 0.495. The van der Waals surface area contributed by atoms with Crippen LogP contribution < -0.4 is 4.90 Å². The molecule has 3 aliphatic rings. The summed E-state index contributed by atoms with van der Waals surface area (Å²) in [5, 5.41) is 0.766. The van der Waals surface area contributed by atoms with Crippen LogP contribution in [-0.4, -0.2) is 54.7 Å². The topological polar surface area (TPSA) is 76.2 Å². The fourth-order valence-electron chi connectivity index (χ4n) is 5.04. The molecule has 0 N–H and O–H groups in total. The first-order valence-electron chi connectivity index (χ1n) is 11.3. The standard InChI is InChI=1S/C25H25ClN2O5/c26-20-7-3-6-18(15-20)19-10-14-27(16-19)13-9-17-5-1-2-8-21(17)28-12-4-11-25(24(28)31)32-22(29)23(30)33-25/h1-3,5-8,15,19H,4,9-14,16H2. The van der Waals surface area contributed by atoms with E-state index in [0.717, 1.165) is 48.7 Å². The molecule has 1 spiro atoms. The summed E-state index contributed by atoms with van der Waals surface area (Å²) in [7, 11) is 0. The number of halogens is 1. The highest BCUT2D eigenvalue weighted by molar-refractivity contribution is 6.32. The zero-order chi connectivity index (χ0) is 23.0. The highest BCUT2D eigenvalue weighted by Crippen LogP contribution is 2.36. The lowest BCUT2D eigenvalue weighted by atomic mass is 9.99. The van der Waals surface area contributed by atoms with Gasteiger partial charge >= 0.3 is 23.6 Å². The average Bonchev–Trinajstić information content (AvgIpc) is 3.39. The minimum Gasteiger partial charge on any atom is -0.405 e. The second-order valence-corrected chi connectivity index (χ2v) is 9.25. The maximum atomic E-state index is 13.2. The number of piperidine rings is 1. The molecular weight excluding hydrogens is 444 g/mol. The summed E-state index contributed by atoms with van der Waals surface area (Å²) in [6.45, 7) is 3.33. The van der Waals surface area contributed by atoms with Crippen LogP contribution in [0.1, 0.15) is 36.3 Å². The lowest BCUT2D eigenvalue weighted by Crippen LogP contribution is -2.55. The highest BCUT2D eigenvalue weighted by Gasteiger charge is 2.58. The van der Waals surface area contributed by atoms with Gasteiger partial charge in [0.2, 0.25) is 0 Å². The Labute approximate surface area is 197 Å². The number of ether oxygens (including phenoxy) is 2. The fourth-order valence-corrected chi connectivity index (χ4v) is 5.24. The van der Waals surface area contributed by atoms with Gasteiger partial charge in [0.25, 0.3) is 0 Å². The van der Waals surface area contributed by atoms with E-state index in [1.165, 1.54) is 5.56 Å². The maximum absolute atomic E-state index is 13.2. The van der Waals surface area contributed by atoms with Gasteiger partial charge in [0.15, 0.2) is 0 Å². The van der Waals surface area contributed by atoms with E-state index in [1.807, 2.05) is 42.5 Å². The van der Waals surface area contributed by atoms with Gasteiger partial charge < -0.3 is 19.3 Å². The molecule has 3 saturated heterocycles. The number of carbonyl (C=O) groups is 3. The van der Waals surface area contributed by atoms with Crippen LogP contribution in [0.15, 0.2) is 48.5 Å². The van der Waals surface area contributed by atoms with Gasteiger partial charge in [-0.05, 0) is 61.1 Å². The van der Waals surface area contributed by atoms with E-state index in [-0.39, 0.29) is 6.42 Å². The van der Waals surface area contributed by atoms with E-state index in [4.69, 9.17) is 21.1 Å². The second-order valence-electron chi connectivity index (χ2n) is 8.81. The van der Waals surface area contributed by atoms with Crippen molar-refractivity contribution in [2.24, 2.45) is 0 Å². The maximum Gasteiger partial charge on any atom is 0.421 e. The van der Waals surface area contributed by atoms with Crippen molar-refractivity contribution >= 4 is 35.1 Å². The number of rotatable bonds is 5. The number of hydrogen-bond acceptors (Lipinski definition) is 6. The molecule has 1 amide bonds. The van der Waals surface area contributed by atoms with Crippen LogP contribution in [0.25, 0.3) is 0 Å². The summed E-state index contributed by atoms with van der Waals surface area (Å²) >= 11 is 6.16. The van der Waals surface area contributed by atoms with Gasteiger partial charge in [-0.15, -0.1) is 0 Å². The van der Waals surface area contributed by atoms with Crippen molar-refractivity contribution < 1.29 is 23.9 Å². The highest BCUT2D eigenvalue weighted by atomic mass is 35.5. The van der Waals surface area contributed by atoms with Gasteiger partial charge in [-0.2, -0.15) is 0 Å². The van der Waals surface area contributed by atoms with Gasteiger partial charge in [0.05, 0.1) is 0 Å². The van der Waals surface area contributed by atoms with Gasteiger partial charge in [-0.25, -0.2) is 9.59 Å². The molecule has 33 heavy (non-hydrogen) atoms. The summed E-state index contributed by atoms with van der Waals surface area (Å²) in [5.41, 5.74) is 3.08. The summed E-state index contributed by atoms with van der Waals surface area (Å²) in [6.07, 6.45) is 2.61. The van der Waals surface area contributed by atoms with Crippen molar-refractivity contribution in [3.05, 3.63) is 64.7 Å². The van der Waals surface area contributed by atoms with E-state index in [9.17, 15) is 14.4 Å². The van der Waals surface area contributed by atoms with Crippen LogP contribution in [0, 0.1) is 0 Å². The molecule has 0 radical (unpaired) electrons. The SMILES string of the molecule is O=C1OC2(CCCN(c3ccccc3CCN3CCC(c4cccc(Cl)c4)C3)C2=O)OC1=O. The number of hydrogen-bond donors (Lipinski definition) is 0. The molecule has 172 valence electrons. The molecule has 1 atom stereocenters. The van der Waals surface area contributed by atoms with E-state index in [0.29, 0.717) is 18.9 Å². The third kappa shape index (κ3) is 4.23. The number of anilines is 1. The third-order valence-corrected chi connectivity index (χ3v) is 6.95. The lowest BCUT2D eigenvalue weighted by Gasteiger charge is -2.36. The lowest BCUT2D eigenvalue weighted by molar-refractivity contribution is -0.192. The van der Waals surface area contributed by atoms with Crippen molar-refractivity contribution in [3.63, 3.8) is 0 Å². The largest absolute Gasteiger partial charge is 0.421 e. The van der Waals surface area contributed by atoms with Crippen molar-refractivity contribution in [3.8, 4) is 0 Å². The second kappa shape index (κ2) is 8.80. The molecule has 7 nitrogen and oxygen atoms in total. The van der Waals surface area contributed by atoms with E-state index in [2.05, 4.69) is 11.0 Å². The van der Waals surface area contributed by atoms with Crippen molar-refractivity contribution in [1.29, 1.82) is 0 Å². The van der Waals surface area contributed by atoms with Gasteiger partial charge in [0.1, 0.15) is 0 Å². The Morgan fingerprint density at radius 1 is 1.00 bits per heavy atom. The fraction of sp³-hybridized carbons (Fsp3) is 0.400. The van der Waals surface area contributed by atoms with E-state index in [1.54, 1.807) is 4.90 Å². The number of carbonyl (C=O) groups excluding carboxylic acids is 3. The number of esters is 2. The molecule has 2 aromatic carbocycles. The van der Waals surface area contributed by atoms with E-state index < -0.39 is 23.6 Å². The number of benzene rings is 2. The minimum atomic E-state index is -1.82. The van der Waals surface area contributed by atoms with Crippen LogP contribution in [0.3, 0.4) is 0 Å². The molecule has 0 aliphatic carbocycles. The molecule has 0 saturated carbocycles. The van der Waals surface area contributed by atoms with Crippen LogP contribution in [0.5, 0.6) is 0 Å². The first kappa shape index (κ1) is 21.9. The number of nitrogens with zero attached hydrogens (tertiary/aromatic N) is 2. The van der Waals surface area contributed by atoms with Crippen molar-refractivity contribution in [1.82, 2.24) is 4.90 Å². The van der Waals surface area contributed by atoms with E-state index >= 15 is 0 Å². The van der Waals surface area contributed by atoms with Crippen LogP contribution in [0.4, 0.5) is 5.69 Å². The molecule has 8 heteroatoms. The monoisotopic (exact) mass is 468 g/mol. The van der Waals surface area contributed by atoms with Crippen LogP contribution in [-0.2, 0) is 30.3 Å². The zero-order valence-electron chi connectivity index (χ0n) is 18.2. The predicted molar refractivity (Wildman–Crippen MR) is 122 cm³/mol. The molecule has 2 aromatic rings. The zero-order valence-corrected chi connectivity index (χ0v) is 18.9. The van der Waals surface area contributed by atoms with Crippen molar-refractivity contribution in [2.75, 3.05) is 31.1 Å². The van der Waals surface area contributed by atoms with Gasteiger partial charge in [-0.3, -0.25) is 4.79 Å². The normalized spacial score (nSPS) is 22.6. The van der Waals surface area contributed by atoms with Gasteiger partial charge in [0, 0.05) is 36.8 Å². The summed E-state index contributed by atoms with van der Waals surface area (Å²) in [5.74, 6) is -4.07. The smallest absolute Gasteiger partial charge is 0.405 e. The Morgan fingerprint density at radius 2 is 1.79 bits per heavy atom. The number of para-hydroxylation sites is 1. The molecule has 1 unspecified atom stereocenters. The number of likely N-dealkylation sites (tertiary alicyclic amines) is 1. The average molecular weight is 469 g/mol. The van der Waals surface area contributed by atoms with Gasteiger partial charge in [-0.1, -0.05) is 41.9 Å². The Bertz CT molecular complexity index is 1090. The molecule has 3 heterocycles. The Balaban J connectivity index is 1.27. The molecule has 3 fully saturated rings. The minimum absolute atomic E-state index is 0.181. The Morgan fingerprint density at radius 3 is 2.58 bits per heavy atom. The van der Waals surface area contributed by atoms with Crippen molar-refractivity contribution in [2.45, 2.75) is 37.4 Å². The summed E-state index contributed by atoms with van der Waals surface area (Å²) < 4.78 is 10.2. The van der Waals surface area contributed by atoms with Crippen LogP contribution in [0.2, 0.25) is 5.02 Å². The van der Waals surface area contributed by atoms with Crippen LogP contribution >= 0.6 is 11.6 Å². The molecule has 3 aliphatic heterocycles. The first-order chi connectivity index (χ1) is 15.9. The predicted octanol–water partition coefficient (Wildman–Crippen LogP) is 3.30. The molecule has 5 rings (SSSR count). The molecule has 0 bridgehead atoms. The number of amides is 1.